The van der Waals surface area contributed by atoms with E-state index in [2.05, 4.69) is 10.5 Å². The minimum Gasteiger partial charge on any atom is -0.489 e. The lowest BCUT2D eigenvalue weighted by Crippen LogP contribution is -2.36. The van der Waals surface area contributed by atoms with Crippen molar-refractivity contribution in [2.75, 3.05) is 13.6 Å². The predicted molar refractivity (Wildman–Crippen MR) is 124 cm³/mol. The van der Waals surface area contributed by atoms with Gasteiger partial charge >= 0.3 is 0 Å². The normalized spacial score (nSPS) is 11.6. The standard InChI is InChI=1S/C24H25N3O4S/c1-19-11-13-23(14-12-19)32(29,30)27(2)17-24(28)26-25-16-21-9-6-10-22(15-21)31-18-20-7-4-3-5-8-20/h3-16H,17-18H2,1-2H3,(H,26,28)/b25-16-. The van der Waals surface area contributed by atoms with E-state index >= 15 is 0 Å². The molecular weight excluding hydrogens is 426 g/mol. The minimum atomic E-state index is -3.76. The molecule has 1 amide bonds. The number of carbonyl (C=O) groups excluding carboxylic acids is 1. The number of carbonyl (C=O) groups is 1. The number of nitrogens with one attached hydrogen (secondary N) is 1. The number of aryl methyl sites for hydroxylation is 1. The quantitative estimate of drug-likeness (QED) is 0.399. The van der Waals surface area contributed by atoms with Crippen LogP contribution in [0.3, 0.4) is 0 Å². The number of hydrogen-bond acceptors (Lipinski definition) is 5. The fourth-order valence-electron chi connectivity index (χ4n) is 2.82. The van der Waals surface area contributed by atoms with Crippen LogP contribution in [0.2, 0.25) is 0 Å². The first kappa shape index (κ1) is 23.2. The van der Waals surface area contributed by atoms with Gasteiger partial charge in [0.2, 0.25) is 10.0 Å². The Bertz CT molecular complexity index is 1180. The summed E-state index contributed by atoms with van der Waals surface area (Å²) in [6.07, 6.45) is 1.47. The summed E-state index contributed by atoms with van der Waals surface area (Å²) in [6, 6.07) is 23.6. The number of rotatable bonds is 9. The van der Waals surface area contributed by atoms with E-state index in [0.717, 1.165) is 21.0 Å². The molecule has 0 bridgehead atoms. The monoisotopic (exact) mass is 451 g/mol. The first-order valence-corrected chi connectivity index (χ1v) is 11.4. The summed E-state index contributed by atoms with van der Waals surface area (Å²) in [5, 5.41) is 3.92. The van der Waals surface area contributed by atoms with Crippen molar-refractivity contribution < 1.29 is 17.9 Å². The molecule has 0 atom stereocenters. The van der Waals surface area contributed by atoms with Crippen LogP contribution in [0.5, 0.6) is 5.75 Å². The Morgan fingerprint density at radius 2 is 1.75 bits per heavy atom. The fourth-order valence-corrected chi connectivity index (χ4v) is 3.94. The first-order valence-electron chi connectivity index (χ1n) is 9.96. The fraction of sp³-hybridized carbons (Fsp3) is 0.167. The van der Waals surface area contributed by atoms with Crippen molar-refractivity contribution in [3.63, 3.8) is 0 Å². The largest absolute Gasteiger partial charge is 0.489 e. The molecule has 32 heavy (non-hydrogen) atoms. The number of ether oxygens (including phenoxy) is 1. The SMILES string of the molecule is Cc1ccc(S(=O)(=O)N(C)CC(=O)N/N=C\c2cccc(OCc3ccccc3)c2)cc1. The van der Waals surface area contributed by atoms with Crippen LogP contribution in [-0.2, 0) is 21.4 Å². The van der Waals surface area contributed by atoms with Crippen LogP contribution in [0.4, 0.5) is 0 Å². The highest BCUT2D eigenvalue weighted by atomic mass is 32.2. The van der Waals surface area contributed by atoms with Crippen molar-refractivity contribution in [2.24, 2.45) is 5.10 Å². The van der Waals surface area contributed by atoms with Gasteiger partial charge in [-0.25, -0.2) is 13.8 Å². The van der Waals surface area contributed by atoms with Gasteiger partial charge in [-0.05, 0) is 42.3 Å². The summed E-state index contributed by atoms with van der Waals surface area (Å²) in [6.45, 7) is 1.96. The summed E-state index contributed by atoms with van der Waals surface area (Å²) in [5.41, 5.74) is 5.10. The maximum absolute atomic E-state index is 12.6. The van der Waals surface area contributed by atoms with E-state index in [9.17, 15) is 13.2 Å². The van der Waals surface area contributed by atoms with Crippen LogP contribution in [0.25, 0.3) is 0 Å². The van der Waals surface area contributed by atoms with E-state index < -0.39 is 15.9 Å². The predicted octanol–water partition coefficient (Wildman–Crippen LogP) is 3.34. The lowest BCUT2D eigenvalue weighted by atomic mass is 10.2. The number of benzene rings is 3. The van der Waals surface area contributed by atoms with Gasteiger partial charge in [-0.15, -0.1) is 0 Å². The molecule has 0 unspecified atom stereocenters. The van der Waals surface area contributed by atoms with Crippen molar-refractivity contribution in [1.82, 2.24) is 9.73 Å². The van der Waals surface area contributed by atoms with Crippen LogP contribution in [0, 0.1) is 6.92 Å². The summed E-state index contributed by atoms with van der Waals surface area (Å²) in [4.78, 5) is 12.3. The van der Waals surface area contributed by atoms with Crippen LogP contribution >= 0.6 is 0 Å². The zero-order valence-electron chi connectivity index (χ0n) is 17.9. The second-order valence-corrected chi connectivity index (χ2v) is 9.26. The van der Waals surface area contributed by atoms with Gasteiger partial charge in [-0.2, -0.15) is 9.41 Å². The van der Waals surface area contributed by atoms with Gasteiger partial charge in [0.1, 0.15) is 12.4 Å². The molecule has 0 aliphatic heterocycles. The van der Waals surface area contributed by atoms with Gasteiger partial charge in [-0.3, -0.25) is 4.79 Å². The first-order chi connectivity index (χ1) is 15.3. The van der Waals surface area contributed by atoms with E-state index in [-0.39, 0.29) is 11.4 Å². The molecule has 8 heteroatoms. The third kappa shape index (κ3) is 6.50. The van der Waals surface area contributed by atoms with Crippen LogP contribution in [-0.4, -0.2) is 38.4 Å². The van der Waals surface area contributed by atoms with Gasteiger partial charge < -0.3 is 4.74 Å². The Labute approximate surface area is 188 Å². The summed E-state index contributed by atoms with van der Waals surface area (Å²) < 4.78 is 31.9. The molecule has 0 saturated heterocycles. The molecule has 0 fully saturated rings. The van der Waals surface area contributed by atoms with Crippen LogP contribution in [0.15, 0.2) is 88.9 Å². The van der Waals surface area contributed by atoms with Gasteiger partial charge in [0, 0.05) is 7.05 Å². The van der Waals surface area contributed by atoms with Crippen molar-refractivity contribution in [2.45, 2.75) is 18.4 Å². The molecule has 3 aromatic rings. The number of hydrazone groups is 1. The molecule has 0 heterocycles. The van der Waals surface area contributed by atoms with Crippen molar-refractivity contribution in [1.29, 1.82) is 0 Å². The second kappa shape index (κ2) is 10.7. The smallest absolute Gasteiger partial charge is 0.255 e. The molecule has 0 aromatic heterocycles. The van der Waals surface area contributed by atoms with Crippen molar-refractivity contribution >= 4 is 22.1 Å². The van der Waals surface area contributed by atoms with E-state index in [1.54, 1.807) is 18.2 Å². The highest BCUT2D eigenvalue weighted by Crippen LogP contribution is 2.15. The highest BCUT2D eigenvalue weighted by Gasteiger charge is 2.22. The van der Waals surface area contributed by atoms with Crippen LogP contribution in [0.1, 0.15) is 16.7 Å². The van der Waals surface area contributed by atoms with E-state index in [0.29, 0.717) is 12.4 Å². The number of likely N-dealkylation sites (N-methyl/N-ethyl adjacent to an activating group) is 1. The summed E-state index contributed by atoms with van der Waals surface area (Å²) in [5.74, 6) is 0.129. The molecular formula is C24H25N3O4S. The molecule has 3 rings (SSSR count). The lowest BCUT2D eigenvalue weighted by molar-refractivity contribution is -0.121. The van der Waals surface area contributed by atoms with Crippen molar-refractivity contribution in [3.05, 3.63) is 95.6 Å². The Kier molecular flexibility index (Phi) is 7.75. The Balaban J connectivity index is 1.53. The topological polar surface area (TPSA) is 88.1 Å². The average molecular weight is 452 g/mol. The van der Waals surface area contributed by atoms with Crippen molar-refractivity contribution in [3.8, 4) is 5.75 Å². The Hall–Kier alpha value is -3.49. The highest BCUT2D eigenvalue weighted by molar-refractivity contribution is 7.89. The number of sulfonamides is 1. The molecule has 1 N–H and O–H groups in total. The van der Waals surface area contributed by atoms with E-state index in [1.165, 1.54) is 25.4 Å². The molecule has 166 valence electrons. The maximum atomic E-state index is 12.6. The van der Waals surface area contributed by atoms with Gasteiger partial charge in [0.15, 0.2) is 0 Å². The van der Waals surface area contributed by atoms with Gasteiger partial charge in [-0.1, -0.05) is 60.2 Å². The number of amides is 1. The van der Waals surface area contributed by atoms with E-state index in [4.69, 9.17) is 4.74 Å². The third-order valence-electron chi connectivity index (χ3n) is 4.60. The average Bonchev–Trinajstić information content (AvgIpc) is 2.79. The minimum absolute atomic E-state index is 0.134. The molecule has 3 aromatic carbocycles. The van der Waals surface area contributed by atoms with E-state index in [1.807, 2.05) is 55.5 Å². The number of nitrogens with zero attached hydrogens (tertiary/aromatic N) is 2. The third-order valence-corrected chi connectivity index (χ3v) is 6.42. The summed E-state index contributed by atoms with van der Waals surface area (Å²) in [7, 11) is -2.41. The lowest BCUT2D eigenvalue weighted by Gasteiger charge is -2.16. The molecule has 0 spiro atoms. The maximum Gasteiger partial charge on any atom is 0.255 e. The molecule has 0 aliphatic carbocycles. The van der Waals surface area contributed by atoms with Crippen LogP contribution < -0.4 is 10.2 Å². The molecule has 7 nitrogen and oxygen atoms in total. The van der Waals surface area contributed by atoms with Gasteiger partial charge in [0.05, 0.1) is 17.7 Å². The zero-order chi connectivity index (χ0) is 23.0. The molecule has 0 saturated carbocycles. The van der Waals surface area contributed by atoms with Gasteiger partial charge in [0.25, 0.3) is 5.91 Å². The second-order valence-electron chi connectivity index (χ2n) is 7.21. The zero-order valence-corrected chi connectivity index (χ0v) is 18.7. The Morgan fingerprint density at radius 1 is 1.03 bits per heavy atom. The number of hydrogen-bond donors (Lipinski definition) is 1. The molecule has 0 radical (unpaired) electrons. The summed E-state index contributed by atoms with van der Waals surface area (Å²) >= 11 is 0. The molecule has 0 aliphatic rings. The Morgan fingerprint density at radius 3 is 2.47 bits per heavy atom.